The molecule has 0 radical (unpaired) electrons. The van der Waals surface area contributed by atoms with Gasteiger partial charge in [0.1, 0.15) is 17.1 Å². The first kappa shape index (κ1) is 31.0. The van der Waals surface area contributed by atoms with Gasteiger partial charge in [0.05, 0.1) is 46.7 Å². The fraction of sp³-hybridized carbons (Fsp3) is 0.323. The summed E-state index contributed by atoms with van der Waals surface area (Å²) in [5.74, 6) is 0.352. The molecule has 4 rings (SSSR count). The maximum absolute atomic E-state index is 14.5. The van der Waals surface area contributed by atoms with Gasteiger partial charge >= 0.3 is 13.6 Å². The molecule has 0 aliphatic carbocycles. The van der Waals surface area contributed by atoms with Crippen LogP contribution >= 0.6 is 7.60 Å². The number of benzene rings is 3. The van der Waals surface area contributed by atoms with Crippen molar-refractivity contribution in [3.05, 3.63) is 72.0 Å². The molecule has 0 aliphatic heterocycles. The second-order valence-corrected chi connectivity index (χ2v) is 11.1. The van der Waals surface area contributed by atoms with Crippen LogP contribution in [0, 0.1) is 0 Å². The van der Waals surface area contributed by atoms with E-state index in [9.17, 15) is 9.36 Å². The van der Waals surface area contributed by atoms with Crippen LogP contribution in [0.25, 0.3) is 22.1 Å². The second-order valence-electron chi connectivity index (χ2n) is 9.00. The summed E-state index contributed by atoms with van der Waals surface area (Å²) in [6, 6.07) is 17.7. The molecular weight excluding hydrogens is 561 g/mol. The van der Waals surface area contributed by atoms with Gasteiger partial charge in [-0.15, -0.1) is 0 Å². The second kappa shape index (κ2) is 13.8. The smallest absolute Gasteiger partial charge is 0.360 e. The number of hydrogen-bond donors (Lipinski definition) is 1. The molecule has 1 aromatic heterocycles. The predicted molar refractivity (Wildman–Crippen MR) is 161 cm³/mol. The Labute approximate surface area is 245 Å². The van der Waals surface area contributed by atoms with Crippen molar-refractivity contribution in [1.82, 2.24) is 0 Å². The zero-order chi connectivity index (χ0) is 30.3. The Kier molecular flexibility index (Phi) is 10.2. The molecular formula is C31H36NO9P. The summed E-state index contributed by atoms with van der Waals surface area (Å²) < 4.78 is 54.3. The summed E-state index contributed by atoms with van der Waals surface area (Å²) >= 11 is 0. The minimum atomic E-state index is -3.93. The number of furan rings is 1. The van der Waals surface area contributed by atoms with Crippen LogP contribution in [0.15, 0.2) is 65.1 Å². The Hall–Kier alpha value is -3.98. The van der Waals surface area contributed by atoms with Crippen molar-refractivity contribution in [2.75, 3.05) is 46.5 Å². The highest BCUT2D eigenvalue weighted by Crippen LogP contribution is 2.63. The molecule has 10 nitrogen and oxygen atoms in total. The summed E-state index contributed by atoms with van der Waals surface area (Å²) in [7, 11) is 0.752. The van der Waals surface area contributed by atoms with E-state index in [4.69, 9.17) is 32.4 Å². The van der Waals surface area contributed by atoms with Gasteiger partial charge in [-0.1, -0.05) is 18.2 Å². The van der Waals surface area contributed by atoms with Crippen LogP contribution in [0.4, 0.5) is 5.69 Å². The lowest BCUT2D eigenvalue weighted by Gasteiger charge is -2.27. The van der Waals surface area contributed by atoms with Crippen LogP contribution in [0.5, 0.6) is 17.2 Å². The van der Waals surface area contributed by atoms with Gasteiger partial charge in [0.2, 0.25) is 0 Å². The first-order chi connectivity index (χ1) is 20.3. The molecule has 1 atom stereocenters. The van der Waals surface area contributed by atoms with Crippen molar-refractivity contribution >= 4 is 30.2 Å². The summed E-state index contributed by atoms with van der Waals surface area (Å²) in [6.07, 6.45) is 0. The van der Waals surface area contributed by atoms with E-state index >= 15 is 0 Å². The highest BCUT2D eigenvalue weighted by atomic mass is 31.2. The van der Waals surface area contributed by atoms with Crippen LogP contribution in [0.2, 0.25) is 0 Å². The fourth-order valence-electron chi connectivity index (χ4n) is 4.63. The van der Waals surface area contributed by atoms with Gasteiger partial charge in [0.15, 0.2) is 17.3 Å². The largest absolute Gasteiger partial charge is 0.497 e. The van der Waals surface area contributed by atoms with Crippen molar-refractivity contribution < 1.29 is 41.8 Å². The van der Waals surface area contributed by atoms with Gasteiger partial charge in [-0.25, -0.2) is 4.79 Å². The number of carbonyl (C=O) groups is 1. The van der Waals surface area contributed by atoms with Crippen LogP contribution in [-0.4, -0.2) is 47.1 Å². The third kappa shape index (κ3) is 6.41. The van der Waals surface area contributed by atoms with Gasteiger partial charge in [-0.2, -0.15) is 0 Å². The molecule has 4 aromatic rings. The maximum atomic E-state index is 14.5. The Morgan fingerprint density at radius 3 is 2.12 bits per heavy atom. The lowest BCUT2D eigenvalue weighted by molar-refractivity contribution is 0.0526. The first-order valence-corrected chi connectivity index (χ1v) is 15.2. The zero-order valence-corrected chi connectivity index (χ0v) is 25.5. The number of hydrogen-bond acceptors (Lipinski definition) is 10. The topological polar surface area (TPSA) is 115 Å². The van der Waals surface area contributed by atoms with E-state index in [1.165, 1.54) is 7.11 Å². The molecule has 0 spiro atoms. The quantitative estimate of drug-likeness (QED) is 0.115. The van der Waals surface area contributed by atoms with Crippen LogP contribution in [-0.2, 0) is 18.3 Å². The van der Waals surface area contributed by atoms with Gasteiger partial charge in [0, 0.05) is 22.7 Å². The van der Waals surface area contributed by atoms with E-state index in [0.29, 0.717) is 50.8 Å². The predicted octanol–water partition coefficient (Wildman–Crippen LogP) is 7.68. The molecule has 224 valence electrons. The average molecular weight is 598 g/mol. The van der Waals surface area contributed by atoms with Gasteiger partial charge in [-0.05, 0) is 62.7 Å². The Balaban J connectivity index is 1.99. The zero-order valence-electron chi connectivity index (χ0n) is 24.6. The molecule has 11 heteroatoms. The molecule has 3 aromatic carbocycles. The molecule has 1 heterocycles. The van der Waals surface area contributed by atoms with Crippen molar-refractivity contribution in [3.8, 4) is 28.4 Å². The Bertz CT molecular complexity index is 1550. The highest BCUT2D eigenvalue weighted by Gasteiger charge is 2.42. The molecule has 0 bridgehead atoms. The number of rotatable bonds is 14. The minimum Gasteiger partial charge on any atom is -0.497 e. The SMILES string of the molecule is CCOC(=O)c1cccc(NC(c2oc3cc(OC)c(OC)cc3c2-c2ccc(OC)cc2)P(=O)(OCC)OCC)c1. The third-order valence-electron chi connectivity index (χ3n) is 6.46. The van der Waals surface area contributed by atoms with Crippen molar-refractivity contribution in [1.29, 1.82) is 0 Å². The molecule has 0 saturated heterocycles. The van der Waals surface area contributed by atoms with E-state index in [-0.39, 0.29) is 19.8 Å². The standard InChI is InChI=1S/C31H36NO9P/c1-7-38-31(33)21-11-10-12-22(17-21)32-30(42(34,39-8-2)40-9-3)29-28(20-13-15-23(35-4)16-14-20)24-18-26(36-5)27(37-6)19-25(24)41-29/h10-19,30,32H,7-9H2,1-6H3. The van der Waals surface area contributed by atoms with Crippen molar-refractivity contribution in [3.63, 3.8) is 0 Å². The molecule has 42 heavy (non-hydrogen) atoms. The maximum Gasteiger partial charge on any atom is 0.360 e. The summed E-state index contributed by atoms with van der Waals surface area (Å²) in [6.45, 7) is 5.70. The summed E-state index contributed by atoms with van der Waals surface area (Å²) in [5.41, 5.74) is 2.70. The van der Waals surface area contributed by atoms with E-state index in [0.717, 1.165) is 5.56 Å². The number of anilines is 1. The lowest BCUT2D eigenvalue weighted by Crippen LogP contribution is -2.16. The number of nitrogens with one attached hydrogen (secondary N) is 1. The molecule has 1 N–H and O–H groups in total. The van der Waals surface area contributed by atoms with Crippen molar-refractivity contribution in [2.24, 2.45) is 0 Å². The van der Waals surface area contributed by atoms with Gasteiger partial charge in [0.25, 0.3) is 0 Å². The minimum absolute atomic E-state index is 0.123. The van der Waals surface area contributed by atoms with E-state index < -0.39 is 19.3 Å². The van der Waals surface area contributed by atoms with Gasteiger partial charge in [-0.3, -0.25) is 4.57 Å². The fourth-order valence-corrected chi connectivity index (χ4v) is 6.50. The molecule has 0 saturated carbocycles. The Morgan fingerprint density at radius 1 is 0.857 bits per heavy atom. The number of carbonyl (C=O) groups excluding carboxylic acids is 1. The van der Waals surface area contributed by atoms with E-state index in [1.807, 2.05) is 30.3 Å². The van der Waals surface area contributed by atoms with Crippen LogP contribution in [0.1, 0.15) is 42.7 Å². The average Bonchev–Trinajstić information content (AvgIpc) is 3.37. The summed E-state index contributed by atoms with van der Waals surface area (Å²) in [5, 5.41) is 3.99. The number of methoxy groups -OCH3 is 3. The van der Waals surface area contributed by atoms with Crippen molar-refractivity contribution in [2.45, 2.75) is 26.6 Å². The third-order valence-corrected chi connectivity index (χ3v) is 8.69. The molecule has 1 unspecified atom stereocenters. The molecule has 0 amide bonds. The number of esters is 1. The number of ether oxygens (including phenoxy) is 4. The highest BCUT2D eigenvalue weighted by molar-refractivity contribution is 7.54. The lowest BCUT2D eigenvalue weighted by atomic mass is 10.0. The monoisotopic (exact) mass is 597 g/mol. The number of fused-ring (bicyclic) bond motifs is 1. The molecule has 0 fully saturated rings. The van der Waals surface area contributed by atoms with E-state index in [2.05, 4.69) is 5.32 Å². The summed E-state index contributed by atoms with van der Waals surface area (Å²) in [4.78, 5) is 12.5. The first-order valence-electron chi connectivity index (χ1n) is 13.6. The van der Waals surface area contributed by atoms with Crippen LogP contribution < -0.4 is 19.5 Å². The van der Waals surface area contributed by atoms with Gasteiger partial charge < -0.3 is 37.7 Å². The van der Waals surface area contributed by atoms with Crippen LogP contribution in [0.3, 0.4) is 0 Å². The van der Waals surface area contributed by atoms with E-state index in [1.54, 1.807) is 65.3 Å². The Morgan fingerprint density at radius 2 is 1.52 bits per heavy atom. The normalized spacial score (nSPS) is 12.1. The molecule has 0 aliphatic rings.